The third-order valence-electron chi connectivity index (χ3n) is 3.50. The fourth-order valence-corrected chi connectivity index (χ4v) is 2.82. The smallest absolute Gasteiger partial charge is 0.271 e. The third kappa shape index (κ3) is 3.85. The van der Waals surface area contributed by atoms with Crippen molar-refractivity contribution in [3.05, 3.63) is 61.2 Å². The van der Waals surface area contributed by atoms with Crippen LogP contribution < -0.4 is 20.3 Å². The maximum atomic E-state index is 12.2. The number of hydrazine groups is 1. The van der Waals surface area contributed by atoms with Gasteiger partial charge in [0.15, 0.2) is 11.5 Å². The molecule has 0 unspecified atom stereocenters. The number of amides is 2. The van der Waals surface area contributed by atoms with E-state index in [1.165, 1.54) is 24.3 Å². The van der Waals surface area contributed by atoms with Crippen LogP contribution in [0.2, 0.25) is 0 Å². The molecular weight excluding hydrogens is 457 g/mol. The van der Waals surface area contributed by atoms with E-state index >= 15 is 0 Å². The molecule has 0 bridgehead atoms. The van der Waals surface area contributed by atoms with Crippen LogP contribution in [-0.4, -0.2) is 30.0 Å². The number of nitrogens with zero attached hydrogens (tertiary/aromatic N) is 1. The van der Waals surface area contributed by atoms with Gasteiger partial charge >= 0.3 is 0 Å². The van der Waals surface area contributed by atoms with Gasteiger partial charge in [-0.3, -0.25) is 30.6 Å². The Morgan fingerprint density at radius 3 is 2.42 bits per heavy atom. The highest BCUT2D eigenvalue weighted by Crippen LogP contribution is 2.30. The van der Waals surface area contributed by atoms with Crippen molar-refractivity contribution < 1.29 is 24.0 Å². The Labute approximate surface area is 160 Å². The molecule has 1 aliphatic heterocycles. The Bertz CT molecular complexity index is 902. The van der Waals surface area contributed by atoms with E-state index in [9.17, 15) is 19.7 Å². The number of nitrogens with one attached hydrogen (secondary N) is 2. The lowest BCUT2D eigenvalue weighted by atomic mass is 10.2. The van der Waals surface area contributed by atoms with Crippen LogP contribution in [0, 0.1) is 13.7 Å². The summed E-state index contributed by atoms with van der Waals surface area (Å²) in [6.07, 6.45) is 0. The number of benzene rings is 2. The summed E-state index contributed by atoms with van der Waals surface area (Å²) in [5.74, 6) is -0.230. The Kier molecular flexibility index (Phi) is 5.21. The molecule has 1 aliphatic rings. The first-order valence-corrected chi connectivity index (χ1v) is 8.48. The summed E-state index contributed by atoms with van der Waals surface area (Å²) < 4.78 is 11.3. The second-order valence-corrected chi connectivity index (χ2v) is 6.35. The minimum Gasteiger partial charge on any atom is -0.486 e. The molecule has 0 fully saturated rings. The number of halogens is 1. The number of hydrogen-bond acceptors (Lipinski definition) is 6. The number of fused-ring (bicyclic) bond motifs is 1. The van der Waals surface area contributed by atoms with Crippen LogP contribution in [0.1, 0.15) is 20.7 Å². The van der Waals surface area contributed by atoms with Crippen LogP contribution in [0.25, 0.3) is 0 Å². The summed E-state index contributed by atoms with van der Waals surface area (Å²) in [7, 11) is 0. The standard InChI is InChI=1S/C16H12IN3O6/c17-12-3-2-10(20(23)24)8-11(12)16(22)19-18-15(21)9-1-4-13-14(7-9)26-6-5-25-13/h1-4,7-8H,5-6H2,(H,18,21)(H,19,22). The van der Waals surface area contributed by atoms with Gasteiger partial charge in [-0.1, -0.05) is 0 Å². The average Bonchev–Trinajstić information content (AvgIpc) is 2.65. The van der Waals surface area contributed by atoms with E-state index in [-0.39, 0.29) is 16.8 Å². The van der Waals surface area contributed by atoms with Crippen molar-refractivity contribution >= 4 is 40.1 Å². The number of nitro benzene ring substituents is 1. The van der Waals surface area contributed by atoms with Crippen LogP contribution >= 0.6 is 22.6 Å². The van der Waals surface area contributed by atoms with Gasteiger partial charge in [0.25, 0.3) is 17.5 Å². The van der Waals surface area contributed by atoms with Gasteiger partial charge in [0, 0.05) is 21.3 Å². The zero-order chi connectivity index (χ0) is 18.7. The van der Waals surface area contributed by atoms with E-state index in [0.29, 0.717) is 28.3 Å². The number of ether oxygens (including phenoxy) is 2. The second-order valence-electron chi connectivity index (χ2n) is 5.19. The summed E-state index contributed by atoms with van der Waals surface area (Å²) in [6, 6.07) is 8.55. The van der Waals surface area contributed by atoms with Gasteiger partial charge in [0.05, 0.1) is 10.5 Å². The fraction of sp³-hybridized carbons (Fsp3) is 0.125. The fourth-order valence-electron chi connectivity index (χ4n) is 2.24. The summed E-state index contributed by atoms with van der Waals surface area (Å²) in [5, 5.41) is 10.8. The molecule has 9 nitrogen and oxygen atoms in total. The molecule has 134 valence electrons. The maximum absolute atomic E-state index is 12.2. The summed E-state index contributed by atoms with van der Waals surface area (Å²) >= 11 is 1.88. The number of nitro groups is 1. The molecule has 2 aromatic carbocycles. The Morgan fingerprint density at radius 1 is 1.00 bits per heavy atom. The highest BCUT2D eigenvalue weighted by Gasteiger charge is 2.18. The van der Waals surface area contributed by atoms with Crippen LogP contribution in [-0.2, 0) is 0 Å². The van der Waals surface area contributed by atoms with E-state index in [2.05, 4.69) is 10.9 Å². The van der Waals surface area contributed by atoms with Gasteiger partial charge in [0.1, 0.15) is 13.2 Å². The van der Waals surface area contributed by atoms with Gasteiger partial charge in [0.2, 0.25) is 0 Å². The molecule has 2 N–H and O–H groups in total. The monoisotopic (exact) mass is 469 g/mol. The van der Waals surface area contributed by atoms with Gasteiger partial charge < -0.3 is 9.47 Å². The largest absolute Gasteiger partial charge is 0.486 e. The van der Waals surface area contributed by atoms with Crippen molar-refractivity contribution in [1.82, 2.24) is 10.9 Å². The Hall–Kier alpha value is -2.89. The number of carbonyl (C=O) groups excluding carboxylic acids is 2. The van der Waals surface area contributed by atoms with Crippen LogP contribution in [0.4, 0.5) is 5.69 Å². The highest BCUT2D eigenvalue weighted by molar-refractivity contribution is 14.1. The number of non-ortho nitro benzene ring substituents is 1. The lowest BCUT2D eigenvalue weighted by Crippen LogP contribution is -2.42. The van der Waals surface area contributed by atoms with Crippen LogP contribution in [0.15, 0.2) is 36.4 Å². The normalized spacial score (nSPS) is 12.2. The molecule has 10 heteroatoms. The minimum absolute atomic E-state index is 0.0854. The third-order valence-corrected chi connectivity index (χ3v) is 4.44. The first-order chi connectivity index (χ1) is 12.5. The van der Waals surface area contributed by atoms with Crippen molar-refractivity contribution in [2.45, 2.75) is 0 Å². The second kappa shape index (κ2) is 7.56. The van der Waals surface area contributed by atoms with Crippen molar-refractivity contribution in [3.8, 4) is 11.5 Å². The molecule has 0 spiro atoms. The highest BCUT2D eigenvalue weighted by atomic mass is 127. The molecule has 2 amide bonds. The molecule has 1 heterocycles. The van der Waals surface area contributed by atoms with Crippen molar-refractivity contribution in [3.63, 3.8) is 0 Å². The van der Waals surface area contributed by atoms with Crippen LogP contribution in [0.3, 0.4) is 0 Å². The lowest BCUT2D eigenvalue weighted by molar-refractivity contribution is -0.384. The Morgan fingerprint density at radius 2 is 1.69 bits per heavy atom. The number of hydrogen-bond donors (Lipinski definition) is 2. The van der Waals surface area contributed by atoms with Crippen molar-refractivity contribution in [2.75, 3.05) is 13.2 Å². The SMILES string of the molecule is O=C(NNC(=O)c1cc([N+](=O)[O-])ccc1I)c1ccc2c(c1)OCCO2. The molecule has 2 aromatic rings. The maximum Gasteiger partial charge on any atom is 0.271 e. The zero-order valence-electron chi connectivity index (χ0n) is 13.2. The average molecular weight is 469 g/mol. The van der Waals surface area contributed by atoms with E-state index in [0.717, 1.165) is 6.07 Å². The van der Waals surface area contributed by atoms with Crippen LogP contribution in [0.5, 0.6) is 11.5 Å². The predicted octanol–water partition coefficient (Wildman–Crippen LogP) is 2.05. The molecule has 26 heavy (non-hydrogen) atoms. The van der Waals surface area contributed by atoms with Crippen molar-refractivity contribution in [1.29, 1.82) is 0 Å². The first kappa shape index (κ1) is 17.9. The molecule has 0 atom stereocenters. The first-order valence-electron chi connectivity index (χ1n) is 7.40. The van der Waals surface area contributed by atoms with E-state index in [1.54, 1.807) is 6.07 Å². The van der Waals surface area contributed by atoms with E-state index in [4.69, 9.17) is 9.47 Å². The summed E-state index contributed by atoms with van der Waals surface area (Å²) in [6.45, 7) is 0.830. The molecular formula is C16H12IN3O6. The van der Waals surface area contributed by atoms with Gasteiger partial charge in [-0.25, -0.2) is 0 Å². The summed E-state index contributed by atoms with van der Waals surface area (Å²) in [5.41, 5.74) is 4.66. The number of rotatable bonds is 3. The number of carbonyl (C=O) groups is 2. The van der Waals surface area contributed by atoms with Gasteiger partial charge in [-0.15, -0.1) is 0 Å². The van der Waals surface area contributed by atoms with Gasteiger partial charge in [-0.2, -0.15) is 0 Å². The molecule has 0 saturated carbocycles. The molecule has 0 aromatic heterocycles. The minimum atomic E-state index is -0.663. The van der Waals surface area contributed by atoms with E-state index in [1.807, 2.05) is 22.6 Å². The molecule has 0 saturated heterocycles. The van der Waals surface area contributed by atoms with E-state index < -0.39 is 16.7 Å². The predicted molar refractivity (Wildman–Crippen MR) is 98.2 cm³/mol. The molecule has 0 radical (unpaired) electrons. The Balaban J connectivity index is 1.69. The molecule has 3 rings (SSSR count). The summed E-state index contributed by atoms with van der Waals surface area (Å²) in [4.78, 5) is 34.6. The topological polar surface area (TPSA) is 120 Å². The van der Waals surface area contributed by atoms with Gasteiger partial charge in [-0.05, 0) is 46.9 Å². The quantitative estimate of drug-likeness (QED) is 0.404. The zero-order valence-corrected chi connectivity index (χ0v) is 15.3. The molecule has 0 aliphatic carbocycles. The van der Waals surface area contributed by atoms with Crippen molar-refractivity contribution in [2.24, 2.45) is 0 Å². The lowest BCUT2D eigenvalue weighted by Gasteiger charge is -2.18.